The van der Waals surface area contributed by atoms with Crippen LogP contribution in [0, 0.1) is 0 Å². The van der Waals surface area contributed by atoms with Gasteiger partial charge >= 0.3 is 5.69 Å². The second kappa shape index (κ2) is 5.61. The standard InChI is InChI=1S/C12H12Cl2N2O2/c1-18-5-4-16-7-11(15-12(16)17)9-3-2-8(13)6-10(9)14/h2-3,6-7H,4-5H2,1H3,(H,15,17). The molecule has 1 aromatic carbocycles. The van der Waals surface area contributed by atoms with Crippen LogP contribution < -0.4 is 5.69 Å². The molecule has 0 saturated carbocycles. The van der Waals surface area contributed by atoms with E-state index in [0.717, 1.165) is 5.56 Å². The molecule has 0 unspecified atom stereocenters. The average Bonchev–Trinajstić information content (AvgIpc) is 2.68. The number of H-pyrrole nitrogens is 1. The maximum absolute atomic E-state index is 11.7. The zero-order valence-corrected chi connectivity index (χ0v) is 11.3. The minimum atomic E-state index is -0.187. The Kier molecular flexibility index (Phi) is 4.11. The molecular formula is C12H12Cl2N2O2. The molecule has 2 aromatic rings. The Morgan fingerprint density at radius 3 is 2.83 bits per heavy atom. The molecule has 0 aliphatic rings. The number of nitrogens with zero attached hydrogens (tertiary/aromatic N) is 1. The van der Waals surface area contributed by atoms with Gasteiger partial charge in [-0.1, -0.05) is 23.2 Å². The summed E-state index contributed by atoms with van der Waals surface area (Å²) in [4.78, 5) is 14.4. The highest BCUT2D eigenvalue weighted by atomic mass is 35.5. The molecule has 0 aliphatic heterocycles. The first-order valence-electron chi connectivity index (χ1n) is 5.35. The molecule has 4 nitrogen and oxygen atoms in total. The Labute approximate surface area is 114 Å². The molecule has 1 aromatic heterocycles. The van der Waals surface area contributed by atoms with Crippen LogP contribution in [0.15, 0.2) is 29.2 Å². The molecule has 0 fully saturated rings. The Morgan fingerprint density at radius 2 is 2.17 bits per heavy atom. The molecule has 0 spiro atoms. The lowest BCUT2D eigenvalue weighted by Gasteiger charge is -2.01. The Hall–Kier alpha value is -1.23. The summed E-state index contributed by atoms with van der Waals surface area (Å²) in [5.41, 5.74) is 1.22. The number of ether oxygens (including phenoxy) is 1. The largest absolute Gasteiger partial charge is 0.383 e. The van der Waals surface area contributed by atoms with Crippen LogP contribution in [-0.4, -0.2) is 23.3 Å². The Bertz CT molecular complexity index is 604. The summed E-state index contributed by atoms with van der Waals surface area (Å²) in [7, 11) is 1.59. The lowest BCUT2D eigenvalue weighted by atomic mass is 10.2. The topological polar surface area (TPSA) is 47.0 Å². The first-order chi connectivity index (χ1) is 8.61. The number of rotatable bonds is 4. The second-order valence-corrected chi connectivity index (χ2v) is 4.63. The summed E-state index contributed by atoms with van der Waals surface area (Å²) in [6.45, 7) is 0.975. The monoisotopic (exact) mass is 286 g/mol. The van der Waals surface area contributed by atoms with Crippen molar-refractivity contribution in [2.45, 2.75) is 6.54 Å². The molecule has 0 bridgehead atoms. The van der Waals surface area contributed by atoms with Crippen LogP contribution in [0.2, 0.25) is 10.0 Å². The van der Waals surface area contributed by atoms with E-state index >= 15 is 0 Å². The number of imidazole rings is 1. The highest BCUT2D eigenvalue weighted by Gasteiger charge is 2.09. The smallest absolute Gasteiger partial charge is 0.326 e. The number of hydrogen-bond acceptors (Lipinski definition) is 2. The number of hydrogen-bond donors (Lipinski definition) is 1. The van der Waals surface area contributed by atoms with Crippen molar-refractivity contribution in [1.29, 1.82) is 0 Å². The molecule has 0 atom stereocenters. The number of benzene rings is 1. The highest BCUT2D eigenvalue weighted by Crippen LogP contribution is 2.28. The Balaban J connectivity index is 2.36. The summed E-state index contributed by atoms with van der Waals surface area (Å²) in [6.07, 6.45) is 1.72. The zero-order valence-electron chi connectivity index (χ0n) is 9.74. The summed E-state index contributed by atoms with van der Waals surface area (Å²) in [5, 5.41) is 1.06. The molecule has 96 valence electrons. The fourth-order valence-corrected chi connectivity index (χ4v) is 2.14. The maximum atomic E-state index is 11.7. The SMILES string of the molecule is COCCn1cc(-c2ccc(Cl)cc2Cl)[nH]c1=O. The third-order valence-corrected chi connectivity index (χ3v) is 3.09. The zero-order chi connectivity index (χ0) is 13.1. The predicted molar refractivity (Wildman–Crippen MR) is 72.4 cm³/mol. The first kappa shape index (κ1) is 13.2. The van der Waals surface area contributed by atoms with Gasteiger partial charge in [0.1, 0.15) is 0 Å². The molecule has 0 amide bonds. The fraction of sp³-hybridized carbons (Fsp3) is 0.250. The average molecular weight is 287 g/mol. The van der Waals surface area contributed by atoms with Crippen molar-refractivity contribution >= 4 is 23.2 Å². The molecule has 6 heteroatoms. The van der Waals surface area contributed by atoms with Gasteiger partial charge in [0.15, 0.2) is 0 Å². The molecule has 1 N–H and O–H groups in total. The molecular weight excluding hydrogens is 275 g/mol. The van der Waals surface area contributed by atoms with Gasteiger partial charge in [0.25, 0.3) is 0 Å². The van der Waals surface area contributed by atoms with Gasteiger partial charge in [-0.05, 0) is 18.2 Å². The quantitative estimate of drug-likeness (QED) is 0.940. The van der Waals surface area contributed by atoms with E-state index in [1.165, 1.54) is 0 Å². The van der Waals surface area contributed by atoms with Crippen LogP contribution in [0.1, 0.15) is 0 Å². The maximum Gasteiger partial charge on any atom is 0.326 e. The van der Waals surface area contributed by atoms with Gasteiger partial charge in [0.05, 0.1) is 23.9 Å². The first-order valence-corrected chi connectivity index (χ1v) is 6.11. The van der Waals surface area contributed by atoms with Crippen molar-refractivity contribution in [3.8, 4) is 11.3 Å². The molecule has 0 radical (unpaired) electrons. The third kappa shape index (κ3) is 2.77. The number of aromatic amines is 1. The second-order valence-electron chi connectivity index (χ2n) is 3.78. The van der Waals surface area contributed by atoms with Crippen molar-refractivity contribution in [2.75, 3.05) is 13.7 Å². The van der Waals surface area contributed by atoms with E-state index in [0.29, 0.717) is 28.9 Å². The summed E-state index contributed by atoms with van der Waals surface area (Å²) in [5.74, 6) is 0. The summed E-state index contributed by atoms with van der Waals surface area (Å²) >= 11 is 11.9. The van der Waals surface area contributed by atoms with Crippen LogP contribution >= 0.6 is 23.2 Å². The lowest BCUT2D eigenvalue weighted by molar-refractivity contribution is 0.186. The van der Waals surface area contributed by atoms with Crippen molar-refractivity contribution in [2.24, 2.45) is 0 Å². The van der Waals surface area contributed by atoms with Crippen LogP contribution in [0.4, 0.5) is 0 Å². The van der Waals surface area contributed by atoms with E-state index < -0.39 is 0 Å². The van der Waals surface area contributed by atoms with Crippen molar-refractivity contribution in [1.82, 2.24) is 9.55 Å². The van der Waals surface area contributed by atoms with Crippen LogP contribution in [-0.2, 0) is 11.3 Å². The van der Waals surface area contributed by atoms with E-state index in [2.05, 4.69) is 4.98 Å². The van der Waals surface area contributed by atoms with Crippen LogP contribution in [0.25, 0.3) is 11.3 Å². The van der Waals surface area contributed by atoms with Gasteiger partial charge in [0.2, 0.25) is 0 Å². The normalized spacial score (nSPS) is 10.8. The van der Waals surface area contributed by atoms with Crippen LogP contribution in [0.3, 0.4) is 0 Å². The van der Waals surface area contributed by atoms with Crippen molar-refractivity contribution in [3.63, 3.8) is 0 Å². The summed E-state index contributed by atoms with van der Waals surface area (Å²) < 4.78 is 6.48. The van der Waals surface area contributed by atoms with E-state index in [1.807, 2.05) is 0 Å². The lowest BCUT2D eigenvalue weighted by Crippen LogP contribution is -2.18. The molecule has 0 saturated heterocycles. The number of halogens is 2. The van der Waals surface area contributed by atoms with E-state index in [4.69, 9.17) is 27.9 Å². The molecule has 2 rings (SSSR count). The van der Waals surface area contributed by atoms with Crippen molar-refractivity contribution in [3.05, 3.63) is 44.9 Å². The van der Waals surface area contributed by atoms with E-state index in [-0.39, 0.29) is 5.69 Å². The summed E-state index contributed by atoms with van der Waals surface area (Å²) in [6, 6.07) is 5.15. The number of methoxy groups -OCH3 is 1. The minimum Gasteiger partial charge on any atom is -0.383 e. The van der Waals surface area contributed by atoms with Gasteiger partial charge in [-0.25, -0.2) is 4.79 Å². The van der Waals surface area contributed by atoms with E-state index in [1.54, 1.807) is 36.1 Å². The fourth-order valence-electron chi connectivity index (χ4n) is 1.63. The van der Waals surface area contributed by atoms with Gasteiger partial charge in [-0.15, -0.1) is 0 Å². The minimum absolute atomic E-state index is 0.187. The van der Waals surface area contributed by atoms with Crippen LogP contribution in [0.5, 0.6) is 0 Å². The van der Waals surface area contributed by atoms with Gasteiger partial charge < -0.3 is 9.72 Å². The van der Waals surface area contributed by atoms with Crippen molar-refractivity contribution < 1.29 is 4.74 Å². The predicted octanol–water partition coefficient (Wildman–Crippen LogP) is 2.80. The number of aromatic nitrogens is 2. The Morgan fingerprint density at radius 1 is 1.39 bits per heavy atom. The van der Waals surface area contributed by atoms with Gasteiger partial charge in [-0.2, -0.15) is 0 Å². The molecule has 1 heterocycles. The van der Waals surface area contributed by atoms with Gasteiger partial charge in [0, 0.05) is 23.9 Å². The van der Waals surface area contributed by atoms with Gasteiger partial charge in [-0.3, -0.25) is 4.57 Å². The highest BCUT2D eigenvalue weighted by molar-refractivity contribution is 6.36. The third-order valence-electron chi connectivity index (χ3n) is 2.55. The molecule has 0 aliphatic carbocycles. The molecule has 18 heavy (non-hydrogen) atoms. The number of nitrogens with one attached hydrogen (secondary N) is 1. The van der Waals surface area contributed by atoms with E-state index in [9.17, 15) is 4.79 Å².